The van der Waals surface area contributed by atoms with Crippen molar-refractivity contribution in [1.29, 1.82) is 0 Å². The van der Waals surface area contributed by atoms with E-state index in [1.54, 1.807) is 10.6 Å². The van der Waals surface area contributed by atoms with E-state index < -0.39 is 11.6 Å². The van der Waals surface area contributed by atoms with E-state index in [9.17, 15) is 18.4 Å². The third-order valence-electron chi connectivity index (χ3n) is 5.66. The second-order valence-corrected chi connectivity index (χ2v) is 7.28. The van der Waals surface area contributed by atoms with Crippen LogP contribution in [-0.2, 0) is 22.7 Å². The highest BCUT2D eigenvalue weighted by Crippen LogP contribution is 2.37. The Morgan fingerprint density at radius 3 is 2.75 bits per heavy atom. The van der Waals surface area contributed by atoms with Crippen molar-refractivity contribution in [3.63, 3.8) is 0 Å². The Bertz CT molecular complexity index is 1230. The highest BCUT2D eigenvalue weighted by molar-refractivity contribution is 5.84. The summed E-state index contributed by atoms with van der Waals surface area (Å²) in [5.41, 5.74) is 3.43. The summed E-state index contributed by atoms with van der Waals surface area (Å²) in [5, 5.41) is 0.487. The van der Waals surface area contributed by atoms with Crippen molar-refractivity contribution in [2.24, 2.45) is 0 Å². The minimum Gasteiger partial charge on any atom is -0.461 e. The number of halogens is 2. The molecule has 2 aliphatic rings. The molecule has 0 amide bonds. The zero-order valence-corrected chi connectivity index (χ0v) is 15.1. The van der Waals surface area contributed by atoms with Crippen molar-refractivity contribution in [2.45, 2.75) is 38.8 Å². The van der Waals surface area contributed by atoms with Crippen LogP contribution < -0.4 is 5.56 Å². The van der Waals surface area contributed by atoms with Crippen molar-refractivity contribution >= 4 is 16.9 Å². The second kappa shape index (κ2) is 5.95. The van der Waals surface area contributed by atoms with Gasteiger partial charge in [-0.1, -0.05) is 6.92 Å². The summed E-state index contributed by atoms with van der Waals surface area (Å²) in [6, 6.07) is 5.83. The number of nitrogens with zero attached hydrogens (tertiary/aromatic N) is 2. The summed E-state index contributed by atoms with van der Waals surface area (Å²) in [7, 11) is 0. The van der Waals surface area contributed by atoms with Gasteiger partial charge in [-0.25, -0.2) is 13.8 Å². The van der Waals surface area contributed by atoms with Crippen LogP contribution >= 0.6 is 0 Å². The smallest absolute Gasteiger partial charge is 0.306 e. The minimum atomic E-state index is -0.959. The van der Waals surface area contributed by atoms with Gasteiger partial charge in [-0.15, -0.1) is 0 Å². The molecule has 0 bridgehead atoms. The predicted molar refractivity (Wildman–Crippen MR) is 97.9 cm³/mol. The molecule has 5 rings (SSSR count). The average molecular weight is 382 g/mol. The lowest BCUT2D eigenvalue weighted by molar-refractivity contribution is -0.144. The highest BCUT2D eigenvalue weighted by atomic mass is 19.2. The Morgan fingerprint density at radius 1 is 1.18 bits per heavy atom. The first-order chi connectivity index (χ1) is 13.5. The number of pyridine rings is 2. The molecular formula is C21H16F2N2O3. The van der Waals surface area contributed by atoms with E-state index in [0.717, 1.165) is 23.3 Å². The van der Waals surface area contributed by atoms with Crippen molar-refractivity contribution < 1.29 is 18.3 Å². The number of fused-ring (bicyclic) bond motifs is 5. The van der Waals surface area contributed by atoms with Crippen LogP contribution in [0.15, 0.2) is 29.1 Å². The molecule has 0 saturated heterocycles. The average Bonchev–Trinajstić information content (AvgIpc) is 2.93. The monoisotopic (exact) mass is 382 g/mol. The molecule has 4 heterocycles. The Balaban J connectivity index is 1.75. The van der Waals surface area contributed by atoms with Crippen LogP contribution in [0, 0.1) is 11.6 Å². The lowest BCUT2D eigenvalue weighted by atomic mass is 9.90. The number of carbonyl (C=O) groups is 1. The topological polar surface area (TPSA) is 61.2 Å². The van der Waals surface area contributed by atoms with E-state index in [2.05, 4.69) is 4.98 Å². The van der Waals surface area contributed by atoms with Crippen molar-refractivity contribution in [2.75, 3.05) is 0 Å². The van der Waals surface area contributed by atoms with Gasteiger partial charge in [0.15, 0.2) is 11.6 Å². The molecule has 142 valence electrons. The fourth-order valence-electron chi connectivity index (χ4n) is 4.18. The number of carbonyl (C=O) groups excluding carboxylic acids is 1. The molecule has 0 N–H and O–H groups in total. The van der Waals surface area contributed by atoms with Gasteiger partial charge in [-0.05, 0) is 36.1 Å². The van der Waals surface area contributed by atoms with Gasteiger partial charge in [0.1, 0.15) is 6.61 Å². The number of aromatic nitrogens is 2. The number of esters is 1. The molecule has 28 heavy (non-hydrogen) atoms. The zero-order valence-electron chi connectivity index (χ0n) is 15.1. The molecule has 0 saturated carbocycles. The Morgan fingerprint density at radius 2 is 1.96 bits per heavy atom. The standard InChI is InChI=1S/C21H16F2N2O3/c1-2-10-5-19(26)28-9-14-13(10)6-18-20-12(8-25(18)21(14)27)3-11-4-15(22)16(23)7-17(11)24-20/h3-4,6-7,10H,2,5,8-9H2,1H3. The Kier molecular flexibility index (Phi) is 3.62. The third kappa shape index (κ3) is 2.38. The summed E-state index contributed by atoms with van der Waals surface area (Å²) in [6.45, 7) is 2.23. The Hall–Kier alpha value is -3.09. The third-order valence-corrected chi connectivity index (χ3v) is 5.66. The number of hydrogen-bond donors (Lipinski definition) is 0. The maximum atomic E-state index is 13.6. The molecule has 1 atom stereocenters. The predicted octanol–water partition coefficient (Wildman–Crippen LogP) is 3.64. The zero-order chi connectivity index (χ0) is 19.6. The lowest BCUT2D eigenvalue weighted by Gasteiger charge is -2.15. The van der Waals surface area contributed by atoms with Crippen LogP contribution in [0.1, 0.15) is 42.4 Å². The van der Waals surface area contributed by atoms with Crippen LogP contribution in [0.3, 0.4) is 0 Å². The molecule has 1 unspecified atom stereocenters. The number of rotatable bonds is 1. The Labute approximate surface area is 158 Å². The lowest BCUT2D eigenvalue weighted by Crippen LogP contribution is -2.25. The fraction of sp³-hybridized carbons (Fsp3) is 0.286. The van der Waals surface area contributed by atoms with Gasteiger partial charge < -0.3 is 9.30 Å². The van der Waals surface area contributed by atoms with E-state index in [4.69, 9.17) is 4.74 Å². The second-order valence-electron chi connectivity index (χ2n) is 7.28. The summed E-state index contributed by atoms with van der Waals surface area (Å²) in [6.07, 6.45) is 0.933. The molecule has 3 aromatic rings. The molecule has 5 nitrogen and oxygen atoms in total. The number of hydrogen-bond acceptors (Lipinski definition) is 4. The van der Waals surface area contributed by atoms with E-state index >= 15 is 0 Å². The fourth-order valence-corrected chi connectivity index (χ4v) is 4.18. The van der Waals surface area contributed by atoms with Crippen LogP contribution in [0.4, 0.5) is 8.78 Å². The minimum absolute atomic E-state index is 0.0358. The first kappa shape index (κ1) is 17.0. The number of ether oxygens (including phenoxy) is 1. The summed E-state index contributed by atoms with van der Waals surface area (Å²) >= 11 is 0. The van der Waals surface area contributed by atoms with Crippen molar-refractivity contribution in [1.82, 2.24) is 9.55 Å². The molecular weight excluding hydrogens is 366 g/mol. The summed E-state index contributed by atoms with van der Waals surface area (Å²) in [5.74, 6) is -2.30. The molecule has 0 aliphatic carbocycles. The van der Waals surface area contributed by atoms with E-state index in [0.29, 0.717) is 40.8 Å². The van der Waals surface area contributed by atoms with Gasteiger partial charge in [0.25, 0.3) is 5.56 Å². The largest absolute Gasteiger partial charge is 0.461 e. The quantitative estimate of drug-likeness (QED) is 0.472. The van der Waals surface area contributed by atoms with Gasteiger partial charge >= 0.3 is 5.97 Å². The van der Waals surface area contributed by atoms with Crippen LogP contribution in [-0.4, -0.2) is 15.5 Å². The number of benzene rings is 1. The van der Waals surface area contributed by atoms with Crippen LogP contribution in [0.2, 0.25) is 0 Å². The van der Waals surface area contributed by atoms with E-state index in [1.165, 1.54) is 0 Å². The first-order valence-corrected chi connectivity index (χ1v) is 9.17. The first-order valence-electron chi connectivity index (χ1n) is 9.17. The molecule has 0 spiro atoms. The van der Waals surface area contributed by atoms with E-state index in [1.807, 2.05) is 13.0 Å². The molecule has 1 aromatic carbocycles. The molecule has 7 heteroatoms. The molecule has 2 aromatic heterocycles. The maximum absolute atomic E-state index is 13.6. The van der Waals surface area contributed by atoms with Crippen LogP contribution in [0.5, 0.6) is 0 Å². The van der Waals surface area contributed by atoms with Crippen molar-refractivity contribution in [3.8, 4) is 11.4 Å². The van der Waals surface area contributed by atoms with Gasteiger partial charge in [-0.2, -0.15) is 0 Å². The highest BCUT2D eigenvalue weighted by Gasteiger charge is 2.30. The molecule has 0 radical (unpaired) electrons. The van der Waals surface area contributed by atoms with Gasteiger partial charge in [0.05, 0.1) is 35.4 Å². The maximum Gasteiger partial charge on any atom is 0.306 e. The molecule has 0 fully saturated rings. The summed E-state index contributed by atoms with van der Waals surface area (Å²) in [4.78, 5) is 29.5. The van der Waals surface area contributed by atoms with E-state index in [-0.39, 0.29) is 30.5 Å². The SMILES string of the molecule is CCC1CC(=O)OCc2c1cc1n(c2=O)Cc2cc3cc(F)c(F)cc3nc2-1. The van der Waals surface area contributed by atoms with Gasteiger partial charge in [-0.3, -0.25) is 9.59 Å². The molecule has 2 aliphatic heterocycles. The summed E-state index contributed by atoms with van der Waals surface area (Å²) < 4.78 is 34.0. The van der Waals surface area contributed by atoms with Gasteiger partial charge in [0, 0.05) is 17.0 Å². The normalized spacial score (nSPS) is 17.7. The van der Waals surface area contributed by atoms with Crippen LogP contribution in [0.25, 0.3) is 22.3 Å². The number of cyclic esters (lactones) is 1. The van der Waals surface area contributed by atoms with Crippen molar-refractivity contribution in [3.05, 3.63) is 62.9 Å². The van der Waals surface area contributed by atoms with Gasteiger partial charge in [0.2, 0.25) is 0 Å².